The minimum absolute atomic E-state index is 0. The number of hydrogen-bond donors (Lipinski definition) is 0. The van der Waals surface area contributed by atoms with Crippen molar-refractivity contribution in [3.8, 4) is 39.6 Å². The molecular formula is C60H55N4OPt-3. The third-order valence-electron chi connectivity index (χ3n) is 12.6. The van der Waals surface area contributed by atoms with Crippen LogP contribution in [0.15, 0.2) is 164 Å². The molecule has 0 fully saturated rings. The number of pyridine rings is 1. The van der Waals surface area contributed by atoms with Crippen LogP contribution in [0, 0.1) is 18.8 Å². The summed E-state index contributed by atoms with van der Waals surface area (Å²) in [6.45, 7) is 22.6. The zero-order chi connectivity index (χ0) is 45.3. The molecule has 0 amide bonds. The van der Waals surface area contributed by atoms with Gasteiger partial charge in [0, 0.05) is 61.3 Å². The second-order valence-corrected chi connectivity index (χ2v) is 20.4. The van der Waals surface area contributed by atoms with Gasteiger partial charge in [-0.1, -0.05) is 147 Å². The Morgan fingerprint density at radius 2 is 1.09 bits per heavy atom. The molecule has 0 atom stereocenters. The van der Waals surface area contributed by atoms with Crippen molar-refractivity contribution < 1.29 is 25.8 Å². The van der Waals surface area contributed by atoms with Crippen LogP contribution in [-0.4, -0.2) is 9.55 Å². The zero-order valence-electron chi connectivity index (χ0n) is 39.2. The van der Waals surface area contributed by atoms with Crippen LogP contribution >= 0.6 is 0 Å². The molecular weight excluding hydrogens is 988 g/mol. The van der Waals surface area contributed by atoms with Gasteiger partial charge in [-0.05, 0) is 109 Å². The summed E-state index contributed by atoms with van der Waals surface area (Å²) in [4.78, 5) is 9.46. The average Bonchev–Trinajstić information content (AvgIpc) is 3.84. The van der Waals surface area contributed by atoms with E-state index in [0.29, 0.717) is 11.5 Å². The van der Waals surface area contributed by atoms with Gasteiger partial charge in [0.25, 0.3) is 0 Å². The van der Waals surface area contributed by atoms with E-state index < -0.39 is 0 Å². The number of para-hydroxylation sites is 2. The molecule has 9 aromatic rings. The molecule has 0 radical (unpaired) electrons. The fourth-order valence-corrected chi connectivity index (χ4v) is 8.80. The van der Waals surface area contributed by atoms with E-state index in [1.54, 1.807) is 0 Å². The zero-order valence-corrected chi connectivity index (χ0v) is 41.5. The minimum atomic E-state index is -0.0532. The minimum Gasteiger partial charge on any atom is -0.509 e. The van der Waals surface area contributed by atoms with Crippen molar-refractivity contribution in [2.45, 2.75) is 78.6 Å². The number of rotatable bonds is 7. The molecule has 0 saturated heterocycles. The number of ether oxygens (including phenoxy) is 1. The molecule has 0 bridgehead atoms. The van der Waals surface area contributed by atoms with Crippen LogP contribution in [0.25, 0.3) is 49.9 Å². The Labute approximate surface area is 405 Å². The smallest absolute Gasteiger partial charge is 0.135 e. The van der Waals surface area contributed by atoms with Crippen LogP contribution in [0.1, 0.15) is 79.0 Å². The Morgan fingerprint density at radius 1 is 0.485 bits per heavy atom. The SMILES string of the molecule is CC(C)(C)c1cc(N2[CH-]N(c3[c-]c(Oc4[c-]c5c(cc4)c4cc(-c6cccc(-c7ccccc7)c6)ccc4n5-c4cc(C(C)(C)C)ccn4)ccc3)c3ccccc32)cc(C(C)(C)C)c1.[Pt]. The van der Waals surface area contributed by atoms with Gasteiger partial charge < -0.3 is 19.1 Å². The van der Waals surface area contributed by atoms with Gasteiger partial charge in [0.05, 0.1) is 0 Å². The largest absolute Gasteiger partial charge is 0.509 e. The number of benzene rings is 7. The van der Waals surface area contributed by atoms with Crippen molar-refractivity contribution in [3.63, 3.8) is 0 Å². The van der Waals surface area contributed by atoms with Gasteiger partial charge >= 0.3 is 0 Å². The van der Waals surface area contributed by atoms with E-state index in [1.807, 2.05) is 24.4 Å². The number of anilines is 4. The van der Waals surface area contributed by atoms with Crippen molar-refractivity contribution in [2.75, 3.05) is 9.80 Å². The molecule has 1 aliphatic heterocycles. The van der Waals surface area contributed by atoms with Gasteiger partial charge in [-0.25, -0.2) is 4.98 Å². The number of fused-ring (bicyclic) bond motifs is 4. The topological polar surface area (TPSA) is 33.5 Å². The predicted molar refractivity (Wildman–Crippen MR) is 271 cm³/mol. The molecule has 0 unspecified atom stereocenters. The van der Waals surface area contributed by atoms with Crippen LogP contribution < -0.4 is 14.5 Å². The van der Waals surface area contributed by atoms with E-state index in [1.165, 1.54) is 27.8 Å². The summed E-state index contributed by atoms with van der Waals surface area (Å²) < 4.78 is 8.93. The Morgan fingerprint density at radius 3 is 1.79 bits per heavy atom. The monoisotopic (exact) mass is 1040 g/mol. The van der Waals surface area contributed by atoms with Gasteiger partial charge in [-0.2, -0.15) is 12.1 Å². The Kier molecular flexibility index (Phi) is 11.6. The average molecular weight is 1040 g/mol. The van der Waals surface area contributed by atoms with Crippen molar-refractivity contribution in [3.05, 3.63) is 199 Å². The van der Waals surface area contributed by atoms with E-state index in [2.05, 4.69) is 235 Å². The summed E-state index contributed by atoms with van der Waals surface area (Å²) in [7, 11) is 0. The summed E-state index contributed by atoms with van der Waals surface area (Å²) in [5.74, 6) is 2.04. The molecule has 0 N–H and O–H groups in total. The maximum Gasteiger partial charge on any atom is 0.135 e. The normalized spacial score (nSPS) is 13.0. The summed E-state index contributed by atoms with van der Waals surface area (Å²) in [6.07, 6.45) is 1.91. The van der Waals surface area contributed by atoms with Gasteiger partial charge in [-0.15, -0.1) is 48.1 Å². The van der Waals surface area contributed by atoms with Crippen molar-refractivity contribution in [1.29, 1.82) is 0 Å². The van der Waals surface area contributed by atoms with Gasteiger partial charge in [0.2, 0.25) is 0 Å². The quantitative estimate of drug-likeness (QED) is 0.149. The van der Waals surface area contributed by atoms with Gasteiger partial charge in [-0.3, -0.25) is 0 Å². The first-order chi connectivity index (χ1) is 31.1. The second kappa shape index (κ2) is 17.1. The summed E-state index contributed by atoms with van der Waals surface area (Å²) in [5, 5.41) is 2.19. The van der Waals surface area contributed by atoms with Crippen LogP contribution in [-0.2, 0) is 37.3 Å². The van der Waals surface area contributed by atoms with E-state index >= 15 is 0 Å². The number of nitrogens with zero attached hydrogens (tertiary/aromatic N) is 4. The number of aromatic nitrogens is 2. The van der Waals surface area contributed by atoms with Crippen LogP contribution in [0.3, 0.4) is 0 Å². The number of hydrogen-bond acceptors (Lipinski definition) is 4. The summed E-state index contributed by atoms with van der Waals surface area (Å²) in [6, 6.07) is 63.5. The first kappa shape index (κ1) is 44.8. The Balaban J connectivity index is 0.00000548. The second-order valence-electron chi connectivity index (χ2n) is 20.4. The summed E-state index contributed by atoms with van der Waals surface area (Å²) >= 11 is 0. The first-order valence-electron chi connectivity index (χ1n) is 22.6. The van der Waals surface area contributed by atoms with Crippen molar-refractivity contribution in [1.82, 2.24) is 9.55 Å². The molecule has 6 heteroatoms. The maximum atomic E-state index is 6.71. The molecule has 3 heterocycles. The van der Waals surface area contributed by atoms with E-state index in [9.17, 15) is 0 Å². The maximum absolute atomic E-state index is 6.71. The van der Waals surface area contributed by atoms with E-state index in [4.69, 9.17) is 9.72 Å². The van der Waals surface area contributed by atoms with Gasteiger partial charge in [0.1, 0.15) is 5.82 Å². The molecule has 334 valence electrons. The first-order valence-corrected chi connectivity index (χ1v) is 22.6. The third-order valence-corrected chi connectivity index (χ3v) is 12.6. The fraction of sp³-hybridized carbons (Fsp3) is 0.200. The summed E-state index contributed by atoms with van der Waals surface area (Å²) in [5.41, 5.74) is 14.6. The Bertz CT molecular complexity index is 3210. The molecule has 2 aromatic heterocycles. The van der Waals surface area contributed by atoms with Crippen LogP contribution in [0.4, 0.5) is 22.7 Å². The molecule has 1 aliphatic rings. The molecule has 66 heavy (non-hydrogen) atoms. The molecule has 10 rings (SSSR count). The van der Waals surface area contributed by atoms with Crippen LogP contribution in [0.2, 0.25) is 0 Å². The molecule has 7 aromatic carbocycles. The molecule has 0 spiro atoms. The third kappa shape index (κ3) is 8.58. The fourth-order valence-electron chi connectivity index (χ4n) is 8.80. The molecule has 0 saturated carbocycles. The molecule has 0 aliphatic carbocycles. The molecule has 5 nitrogen and oxygen atoms in total. The predicted octanol–water partition coefficient (Wildman–Crippen LogP) is 16.2. The van der Waals surface area contributed by atoms with Crippen molar-refractivity contribution in [2.24, 2.45) is 0 Å². The van der Waals surface area contributed by atoms with Crippen LogP contribution in [0.5, 0.6) is 11.5 Å². The van der Waals surface area contributed by atoms with Crippen molar-refractivity contribution >= 4 is 44.6 Å². The van der Waals surface area contributed by atoms with E-state index in [-0.39, 0.29) is 37.3 Å². The standard InChI is InChI=1S/C60H55N4O.Pt/c1-58(2,3)44-29-30-61-57(36-44)64-53-28-25-43(42-20-15-19-41(31-42)40-17-11-10-12-18-40)32-52(53)51-27-26-50(38-56(51)64)65-49-22-16-21-47(37-49)62-39-63(55-24-14-13-23-54(55)62)48-34-45(59(4,5)6)33-46(35-48)60(7,8)9;/h10-36,39H,1-9H3;/q-3;. The Hall–Kier alpha value is -6.42. The van der Waals surface area contributed by atoms with E-state index in [0.717, 1.165) is 61.5 Å². The van der Waals surface area contributed by atoms with Gasteiger partial charge in [0.15, 0.2) is 0 Å².